The van der Waals surface area contributed by atoms with Gasteiger partial charge in [-0.2, -0.15) is 0 Å². The van der Waals surface area contributed by atoms with E-state index in [0.29, 0.717) is 26.1 Å². The second-order valence-electron chi connectivity index (χ2n) is 4.66. The van der Waals surface area contributed by atoms with E-state index in [1.165, 1.54) is 19.2 Å². The number of ether oxygens (including phenoxy) is 1. The number of methoxy groups -OCH3 is 1. The van der Waals surface area contributed by atoms with Crippen molar-refractivity contribution in [2.45, 2.75) is 17.9 Å². The first kappa shape index (κ1) is 21.8. The number of carbonyl (C=O) groups is 1. The highest BCUT2D eigenvalue weighted by Crippen LogP contribution is 2.10. The van der Waals surface area contributed by atoms with Crippen LogP contribution in [0.1, 0.15) is 12.0 Å². The minimum absolute atomic E-state index is 0. The second kappa shape index (κ2) is 11.4. The molecule has 0 saturated carbocycles. The van der Waals surface area contributed by atoms with E-state index in [1.807, 2.05) is 0 Å². The first-order valence-corrected chi connectivity index (χ1v) is 8.46. The third kappa shape index (κ3) is 8.29. The Balaban J connectivity index is 0.00000484. The number of carbonyl (C=O) groups excluding carboxylic acids is 1. The van der Waals surface area contributed by atoms with Gasteiger partial charge >= 0.3 is 0 Å². The van der Waals surface area contributed by atoms with Crippen LogP contribution in [0.15, 0.2) is 29.2 Å². The van der Waals surface area contributed by atoms with E-state index in [0.717, 1.165) is 5.56 Å². The summed E-state index contributed by atoms with van der Waals surface area (Å²) < 4.78 is 31.2. The molecule has 0 aliphatic heterocycles. The molecule has 0 saturated heterocycles. The zero-order valence-corrected chi connectivity index (χ0v) is 14.9. The lowest BCUT2D eigenvalue weighted by Crippen LogP contribution is -2.27. The van der Waals surface area contributed by atoms with Gasteiger partial charge in [-0.25, -0.2) is 13.1 Å². The zero-order chi connectivity index (χ0) is 16.4. The van der Waals surface area contributed by atoms with E-state index >= 15 is 0 Å². The fraction of sp³-hybridized carbons (Fsp3) is 0.500. The van der Waals surface area contributed by atoms with E-state index in [4.69, 9.17) is 4.74 Å². The minimum Gasteiger partial charge on any atom is -0.383 e. The fourth-order valence-corrected chi connectivity index (χ4v) is 2.69. The monoisotopic (exact) mass is 365 g/mol. The molecule has 0 atom stereocenters. The molecular formula is C14H24ClN3O4S. The standard InChI is InChI=1S/C14H23N3O4S.ClH/c1-15-8-7-14(18)16-11-12-3-5-13(6-4-12)22(19,20)17-9-10-21-2;/h3-6,15,17H,7-11H2,1-2H3,(H,16,18);1H. The Hall–Kier alpha value is -1.19. The number of rotatable bonds is 10. The number of amides is 1. The summed E-state index contributed by atoms with van der Waals surface area (Å²) in [5, 5.41) is 5.67. The van der Waals surface area contributed by atoms with Gasteiger partial charge in [0.15, 0.2) is 0 Å². The minimum atomic E-state index is -3.52. The van der Waals surface area contributed by atoms with E-state index in [9.17, 15) is 13.2 Å². The number of halogens is 1. The molecule has 0 fully saturated rings. The molecule has 1 rings (SSSR count). The molecule has 1 aromatic rings. The van der Waals surface area contributed by atoms with Crippen molar-refractivity contribution >= 4 is 28.3 Å². The van der Waals surface area contributed by atoms with Crippen LogP contribution < -0.4 is 15.4 Å². The Morgan fingerprint density at radius 1 is 1.17 bits per heavy atom. The van der Waals surface area contributed by atoms with Crippen molar-refractivity contribution in [3.8, 4) is 0 Å². The SMILES string of the molecule is CNCCC(=O)NCc1ccc(S(=O)(=O)NCCOC)cc1.Cl. The Morgan fingerprint density at radius 3 is 2.39 bits per heavy atom. The summed E-state index contributed by atoms with van der Waals surface area (Å²) >= 11 is 0. The number of hydrogen-bond acceptors (Lipinski definition) is 5. The van der Waals surface area contributed by atoms with Crippen LogP contribution >= 0.6 is 12.4 Å². The number of hydrogen-bond donors (Lipinski definition) is 3. The maximum Gasteiger partial charge on any atom is 0.240 e. The van der Waals surface area contributed by atoms with Gasteiger partial charge in [0, 0.05) is 33.2 Å². The Bertz CT molecular complexity index is 564. The molecule has 9 heteroatoms. The molecule has 132 valence electrons. The van der Waals surface area contributed by atoms with Crippen LogP contribution in [-0.4, -0.2) is 48.2 Å². The molecule has 0 aliphatic rings. The van der Waals surface area contributed by atoms with Crippen LogP contribution in [0.3, 0.4) is 0 Å². The van der Waals surface area contributed by atoms with E-state index in [1.54, 1.807) is 19.2 Å². The van der Waals surface area contributed by atoms with E-state index in [-0.39, 0.29) is 29.8 Å². The quantitative estimate of drug-likeness (QED) is 0.517. The molecule has 7 nitrogen and oxygen atoms in total. The average molecular weight is 366 g/mol. The fourth-order valence-electron chi connectivity index (χ4n) is 1.68. The maximum atomic E-state index is 12.0. The molecule has 0 aromatic heterocycles. The average Bonchev–Trinajstić information content (AvgIpc) is 2.51. The first-order valence-electron chi connectivity index (χ1n) is 6.98. The van der Waals surface area contributed by atoms with Crippen LogP contribution in [0.4, 0.5) is 0 Å². The number of sulfonamides is 1. The molecule has 1 amide bonds. The molecule has 23 heavy (non-hydrogen) atoms. The van der Waals surface area contributed by atoms with Crippen LogP contribution in [0.2, 0.25) is 0 Å². The van der Waals surface area contributed by atoms with E-state index in [2.05, 4.69) is 15.4 Å². The molecule has 3 N–H and O–H groups in total. The Labute approximate surface area is 143 Å². The Morgan fingerprint density at radius 2 is 1.83 bits per heavy atom. The van der Waals surface area contributed by atoms with Crippen molar-refractivity contribution in [2.75, 3.05) is 33.9 Å². The van der Waals surface area contributed by atoms with Gasteiger partial charge in [-0.3, -0.25) is 4.79 Å². The summed E-state index contributed by atoms with van der Waals surface area (Å²) in [6.45, 7) is 1.54. The third-order valence-electron chi connectivity index (χ3n) is 2.92. The molecular weight excluding hydrogens is 342 g/mol. The summed E-state index contributed by atoms with van der Waals surface area (Å²) in [5.74, 6) is -0.0488. The summed E-state index contributed by atoms with van der Waals surface area (Å²) in [5.41, 5.74) is 0.841. The maximum absolute atomic E-state index is 12.0. The van der Waals surface area contributed by atoms with Crippen LogP contribution in [0.25, 0.3) is 0 Å². The largest absolute Gasteiger partial charge is 0.383 e. The number of benzene rings is 1. The summed E-state index contributed by atoms with van der Waals surface area (Å²) in [7, 11) is -0.225. The van der Waals surface area contributed by atoms with Gasteiger partial charge in [0.25, 0.3) is 0 Å². The molecule has 0 radical (unpaired) electrons. The molecule has 1 aromatic carbocycles. The molecule has 0 bridgehead atoms. The molecule has 0 heterocycles. The lowest BCUT2D eigenvalue weighted by atomic mass is 10.2. The molecule has 0 unspecified atom stereocenters. The molecule has 0 spiro atoms. The van der Waals surface area contributed by atoms with Gasteiger partial charge < -0.3 is 15.4 Å². The predicted molar refractivity (Wildman–Crippen MR) is 91.1 cm³/mol. The lowest BCUT2D eigenvalue weighted by Gasteiger charge is -2.08. The van der Waals surface area contributed by atoms with Crippen molar-refractivity contribution in [1.29, 1.82) is 0 Å². The highest BCUT2D eigenvalue weighted by atomic mass is 35.5. The van der Waals surface area contributed by atoms with Gasteiger partial charge in [0.2, 0.25) is 15.9 Å². The first-order chi connectivity index (χ1) is 10.5. The van der Waals surface area contributed by atoms with Gasteiger partial charge in [0.1, 0.15) is 0 Å². The van der Waals surface area contributed by atoms with Crippen LogP contribution in [0, 0.1) is 0 Å². The highest BCUT2D eigenvalue weighted by molar-refractivity contribution is 7.89. The van der Waals surface area contributed by atoms with Crippen molar-refractivity contribution in [2.24, 2.45) is 0 Å². The smallest absolute Gasteiger partial charge is 0.240 e. The van der Waals surface area contributed by atoms with Crippen molar-refractivity contribution < 1.29 is 17.9 Å². The topological polar surface area (TPSA) is 96.5 Å². The van der Waals surface area contributed by atoms with E-state index < -0.39 is 10.0 Å². The summed E-state index contributed by atoms with van der Waals surface area (Å²) in [4.78, 5) is 11.7. The van der Waals surface area contributed by atoms with Gasteiger partial charge in [-0.05, 0) is 24.7 Å². The normalized spacial score (nSPS) is 10.9. The number of nitrogens with one attached hydrogen (secondary N) is 3. The second-order valence-corrected chi connectivity index (χ2v) is 6.43. The zero-order valence-electron chi connectivity index (χ0n) is 13.3. The summed E-state index contributed by atoms with van der Waals surface area (Å²) in [6, 6.07) is 6.40. The van der Waals surface area contributed by atoms with Crippen molar-refractivity contribution in [3.05, 3.63) is 29.8 Å². The molecule has 0 aliphatic carbocycles. The van der Waals surface area contributed by atoms with Gasteiger partial charge in [0.05, 0.1) is 11.5 Å². The van der Waals surface area contributed by atoms with Gasteiger partial charge in [-0.15, -0.1) is 12.4 Å². The van der Waals surface area contributed by atoms with Crippen molar-refractivity contribution in [1.82, 2.24) is 15.4 Å². The van der Waals surface area contributed by atoms with Gasteiger partial charge in [-0.1, -0.05) is 12.1 Å². The lowest BCUT2D eigenvalue weighted by molar-refractivity contribution is -0.121. The van der Waals surface area contributed by atoms with Crippen LogP contribution in [-0.2, 0) is 26.1 Å². The summed E-state index contributed by atoms with van der Waals surface area (Å²) in [6.07, 6.45) is 0.409. The van der Waals surface area contributed by atoms with Crippen LogP contribution in [0.5, 0.6) is 0 Å². The predicted octanol–water partition coefficient (Wildman–Crippen LogP) is 0.259. The van der Waals surface area contributed by atoms with Crippen molar-refractivity contribution in [3.63, 3.8) is 0 Å². The Kier molecular flexibility index (Phi) is 10.8. The third-order valence-corrected chi connectivity index (χ3v) is 4.40. The highest BCUT2D eigenvalue weighted by Gasteiger charge is 2.12.